The Hall–Kier alpha value is -1.26. The van der Waals surface area contributed by atoms with E-state index in [1.165, 1.54) is 5.56 Å². The van der Waals surface area contributed by atoms with Crippen molar-refractivity contribution in [2.45, 2.75) is 39.7 Å². The lowest BCUT2D eigenvalue weighted by molar-refractivity contribution is -0.123. The molecule has 0 spiro atoms. The van der Waals surface area contributed by atoms with Gasteiger partial charge in [-0.3, -0.25) is 4.79 Å². The molecule has 2 rings (SSSR count). The molecule has 1 aromatic rings. The van der Waals surface area contributed by atoms with E-state index in [1.807, 2.05) is 13.8 Å². The molecule has 0 radical (unpaired) electrons. The molecule has 21 heavy (non-hydrogen) atoms. The molecule has 1 aromatic carbocycles. The molecular formula is C16H25ClN2O2. The zero-order valence-corrected chi connectivity index (χ0v) is 13.8. The van der Waals surface area contributed by atoms with Crippen molar-refractivity contribution in [2.75, 3.05) is 19.7 Å². The summed E-state index contributed by atoms with van der Waals surface area (Å²) < 4.78 is 5.69. The Morgan fingerprint density at radius 1 is 1.33 bits per heavy atom. The van der Waals surface area contributed by atoms with Crippen molar-refractivity contribution in [1.29, 1.82) is 0 Å². The summed E-state index contributed by atoms with van der Waals surface area (Å²) in [6, 6.07) is 4.39. The van der Waals surface area contributed by atoms with E-state index in [0.29, 0.717) is 0 Å². The molecule has 1 saturated heterocycles. The summed E-state index contributed by atoms with van der Waals surface area (Å²) in [6.45, 7) is 8.07. The van der Waals surface area contributed by atoms with Crippen LogP contribution >= 0.6 is 12.4 Å². The molecule has 0 aromatic heterocycles. The van der Waals surface area contributed by atoms with Gasteiger partial charge in [0, 0.05) is 12.6 Å². The van der Waals surface area contributed by atoms with Gasteiger partial charge in [0.1, 0.15) is 5.75 Å². The van der Waals surface area contributed by atoms with Crippen molar-refractivity contribution >= 4 is 18.3 Å². The van der Waals surface area contributed by atoms with Crippen LogP contribution in [0.25, 0.3) is 0 Å². The van der Waals surface area contributed by atoms with Crippen LogP contribution in [0.2, 0.25) is 0 Å². The Balaban J connectivity index is 0.00000220. The Morgan fingerprint density at radius 2 is 2.00 bits per heavy atom. The predicted molar refractivity (Wildman–Crippen MR) is 87.4 cm³/mol. The largest absolute Gasteiger partial charge is 0.483 e. The van der Waals surface area contributed by atoms with Crippen molar-refractivity contribution < 1.29 is 9.53 Å². The van der Waals surface area contributed by atoms with Crippen molar-refractivity contribution in [1.82, 2.24) is 10.6 Å². The first-order valence-electron chi connectivity index (χ1n) is 7.27. The van der Waals surface area contributed by atoms with E-state index in [1.54, 1.807) is 0 Å². The monoisotopic (exact) mass is 312 g/mol. The summed E-state index contributed by atoms with van der Waals surface area (Å²) in [5, 5.41) is 6.30. The van der Waals surface area contributed by atoms with Gasteiger partial charge in [-0.25, -0.2) is 0 Å². The number of amides is 1. The van der Waals surface area contributed by atoms with Gasteiger partial charge in [-0.05, 0) is 51.3 Å². The molecule has 5 heteroatoms. The summed E-state index contributed by atoms with van der Waals surface area (Å²) in [5.41, 5.74) is 3.37. The third-order valence-corrected chi connectivity index (χ3v) is 3.61. The van der Waals surface area contributed by atoms with Crippen LogP contribution in [0.3, 0.4) is 0 Å². The Morgan fingerprint density at radius 3 is 2.57 bits per heavy atom. The summed E-state index contributed by atoms with van der Waals surface area (Å²) in [4.78, 5) is 11.9. The zero-order valence-electron chi connectivity index (χ0n) is 13.0. The Labute approximate surface area is 133 Å². The fraction of sp³-hybridized carbons (Fsp3) is 0.562. The third kappa shape index (κ3) is 5.21. The quantitative estimate of drug-likeness (QED) is 0.897. The van der Waals surface area contributed by atoms with E-state index in [9.17, 15) is 4.79 Å². The van der Waals surface area contributed by atoms with Crippen LogP contribution in [-0.4, -0.2) is 31.6 Å². The highest BCUT2D eigenvalue weighted by molar-refractivity contribution is 5.85. The van der Waals surface area contributed by atoms with Gasteiger partial charge in [-0.1, -0.05) is 17.7 Å². The molecule has 1 fully saturated rings. The van der Waals surface area contributed by atoms with E-state index in [2.05, 4.69) is 29.7 Å². The number of nitrogens with one attached hydrogen (secondary N) is 2. The highest BCUT2D eigenvalue weighted by Gasteiger charge is 2.16. The van der Waals surface area contributed by atoms with Crippen molar-refractivity contribution in [2.24, 2.45) is 0 Å². The summed E-state index contributed by atoms with van der Waals surface area (Å²) in [6.07, 6.45) is 2.16. The molecule has 0 saturated carbocycles. The maximum Gasteiger partial charge on any atom is 0.258 e. The van der Waals surface area contributed by atoms with Crippen LogP contribution in [0, 0.1) is 20.8 Å². The molecule has 1 atom stereocenters. The zero-order chi connectivity index (χ0) is 14.5. The van der Waals surface area contributed by atoms with Crippen LogP contribution in [0.15, 0.2) is 12.1 Å². The molecular weight excluding hydrogens is 288 g/mol. The van der Waals surface area contributed by atoms with Gasteiger partial charge in [0.2, 0.25) is 0 Å². The standard InChI is InChI=1S/C16H24N2O2.ClH/c1-11-7-12(2)16(13(3)8-11)20-10-15(19)18-14-5-4-6-17-9-14;/h7-8,14,17H,4-6,9-10H2,1-3H3,(H,18,19);1H/t14-;/m0./s1. The second-order valence-corrected chi connectivity index (χ2v) is 5.63. The highest BCUT2D eigenvalue weighted by Crippen LogP contribution is 2.24. The first-order chi connectivity index (χ1) is 9.56. The van der Waals surface area contributed by atoms with Crippen molar-refractivity contribution in [3.8, 4) is 5.75 Å². The molecule has 0 unspecified atom stereocenters. The number of rotatable bonds is 4. The van der Waals surface area contributed by atoms with Crippen LogP contribution < -0.4 is 15.4 Å². The van der Waals surface area contributed by atoms with Crippen molar-refractivity contribution in [3.05, 3.63) is 28.8 Å². The lowest BCUT2D eigenvalue weighted by Crippen LogP contribution is -2.47. The molecule has 2 N–H and O–H groups in total. The van der Waals surface area contributed by atoms with E-state index in [4.69, 9.17) is 4.74 Å². The first-order valence-corrected chi connectivity index (χ1v) is 7.27. The number of piperidine rings is 1. The molecule has 0 bridgehead atoms. The molecule has 1 aliphatic rings. The fourth-order valence-electron chi connectivity index (χ4n) is 2.78. The Kier molecular flexibility index (Phi) is 6.99. The number of benzene rings is 1. The number of aryl methyl sites for hydroxylation is 3. The van der Waals surface area contributed by atoms with Gasteiger partial charge in [-0.15, -0.1) is 12.4 Å². The molecule has 0 aliphatic carbocycles. The minimum absolute atomic E-state index is 0. The average molecular weight is 313 g/mol. The number of carbonyl (C=O) groups excluding carboxylic acids is 1. The van der Waals surface area contributed by atoms with Crippen LogP contribution in [0.5, 0.6) is 5.75 Å². The second-order valence-electron chi connectivity index (χ2n) is 5.63. The number of ether oxygens (including phenoxy) is 1. The van der Waals surface area contributed by atoms with Gasteiger partial charge in [0.05, 0.1) is 0 Å². The number of hydrogen-bond acceptors (Lipinski definition) is 3. The lowest BCUT2D eigenvalue weighted by atomic mass is 10.1. The smallest absolute Gasteiger partial charge is 0.258 e. The van der Waals surface area contributed by atoms with Gasteiger partial charge in [0.15, 0.2) is 6.61 Å². The maximum absolute atomic E-state index is 11.9. The van der Waals surface area contributed by atoms with Gasteiger partial charge >= 0.3 is 0 Å². The van der Waals surface area contributed by atoms with Gasteiger partial charge < -0.3 is 15.4 Å². The molecule has 1 aliphatic heterocycles. The lowest BCUT2D eigenvalue weighted by Gasteiger charge is -2.24. The number of halogens is 1. The van der Waals surface area contributed by atoms with E-state index < -0.39 is 0 Å². The van der Waals surface area contributed by atoms with Gasteiger partial charge in [-0.2, -0.15) is 0 Å². The predicted octanol–water partition coefficient (Wildman–Crippen LogP) is 2.28. The van der Waals surface area contributed by atoms with Crippen LogP contribution in [0.1, 0.15) is 29.5 Å². The first kappa shape index (κ1) is 17.8. The summed E-state index contributed by atoms with van der Waals surface area (Å²) in [7, 11) is 0. The SMILES string of the molecule is Cc1cc(C)c(OCC(=O)N[C@H]2CCCNC2)c(C)c1.Cl. The highest BCUT2D eigenvalue weighted by atomic mass is 35.5. The summed E-state index contributed by atoms with van der Waals surface area (Å²) >= 11 is 0. The van der Waals surface area contributed by atoms with E-state index in [-0.39, 0.29) is 31.0 Å². The number of hydrogen-bond donors (Lipinski definition) is 2. The van der Waals surface area contributed by atoms with E-state index in [0.717, 1.165) is 42.8 Å². The third-order valence-electron chi connectivity index (χ3n) is 3.61. The minimum atomic E-state index is -0.0434. The minimum Gasteiger partial charge on any atom is -0.483 e. The average Bonchev–Trinajstić information content (AvgIpc) is 2.38. The summed E-state index contributed by atoms with van der Waals surface area (Å²) in [5.74, 6) is 0.783. The normalized spacial score (nSPS) is 17.8. The number of carbonyl (C=O) groups is 1. The molecule has 4 nitrogen and oxygen atoms in total. The second kappa shape index (κ2) is 8.25. The van der Waals surface area contributed by atoms with Crippen LogP contribution in [0.4, 0.5) is 0 Å². The maximum atomic E-state index is 11.9. The van der Waals surface area contributed by atoms with E-state index >= 15 is 0 Å². The molecule has 1 heterocycles. The molecule has 118 valence electrons. The van der Waals surface area contributed by atoms with Crippen molar-refractivity contribution in [3.63, 3.8) is 0 Å². The topological polar surface area (TPSA) is 50.4 Å². The fourth-order valence-corrected chi connectivity index (χ4v) is 2.78. The van der Waals surface area contributed by atoms with Crippen LogP contribution in [-0.2, 0) is 4.79 Å². The van der Waals surface area contributed by atoms with Gasteiger partial charge in [0.25, 0.3) is 5.91 Å². The Bertz CT molecular complexity index is 462. The molecule has 1 amide bonds.